The lowest BCUT2D eigenvalue weighted by molar-refractivity contribution is 0.979. The van der Waals surface area contributed by atoms with E-state index in [1.54, 1.807) is 0 Å². The van der Waals surface area contributed by atoms with Crippen LogP contribution in [0.1, 0.15) is 6.42 Å². The highest BCUT2D eigenvalue weighted by molar-refractivity contribution is 6.32. The van der Waals surface area contributed by atoms with Gasteiger partial charge in [0, 0.05) is 13.0 Å². The number of aromatic amines is 1. The largest absolute Gasteiger partial charge is 0.381 e. The molecule has 13 heavy (non-hydrogen) atoms. The lowest BCUT2D eigenvalue weighted by Gasteiger charge is -2.03. The first kappa shape index (κ1) is 9.62. The average molecular weight is 198 g/mol. The van der Waals surface area contributed by atoms with Gasteiger partial charge in [-0.3, -0.25) is 4.79 Å². The molecule has 0 aliphatic heterocycles. The summed E-state index contributed by atoms with van der Waals surface area (Å²) in [5.74, 6) is 2.46. The topological polar surface area (TPSA) is 57.8 Å². The molecule has 1 aromatic heterocycles. The molecule has 0 saturated carbocycles. The summed E-state index contributed by atoms with van der Waals surface area (Å²) in [7, 11) is 0. The minimum Gasteiger partial charge on any atom is -0.381 e. The molecule has 0 amide bonds. The summed E-state index contributed by atoms with van der Waals surface area (Å²) in [6.45, 7) is 0.571. The van der Waals surface area contributed by atoms with Crippen LogP contribution in [0.4, 0.5) is 5.69 Å². The van der Waals surface area contributed by atoms with Crippen LogP contribution in [0.3, 0.4) is 0 Å². The second-order valence-electron chi connectivity index (χ2n) is 2.31. The number of H-pyrrole nitrogens is 1. The van der Waals surface area contributed by atoms with E-state index in [0.29, 0.717) is 18.7 Å². The summed E-state index contributed by atoms with van der Waals surface area (Å²) in [6.07, 6.45) is 7.07. The lowest BCUT2D eigenvalue weighted by Crippen LogP contribution is -2.12. The van der Waals surface area contributed by atoms with Crippen molar-refractivity contribution in [3.8, 4) is 12.3 Å². The van der Waals surface area contributed by atoms with Crippen LogP contribution in [0.15, 0.2) is 11.0 Å². The van der Waals surface area contributed by atoms with Crippen molar-refractivity contribution in [2.75, 3.05) is 11.9 Å². The Bertz CT molecular complexity index is 380. The third-order valence-corrected chi connectivity index (χ3v) is 1.76. The highest BCUT2D eigenvalue weighted by atomic mass is 35.5. The van der Waals surface area contributed by atoms with E-state index in [4.69, 9.17) is 18.0 Å². The van der Waals surface area contributed by atoms with E-state index < -0.39 is 5.56 Å². The maximum atomic E-state index is 10.9. The Morgan fingerprint density at radius 3 is 3.23 bits per heavy atom. The molecule has 0 aliphatic carbocycles. The van der Waals surface area contributed by atoms with E-state index in [1.807, 2.05) is 0 Å². The van der Waals surface area contributed by atoms with E-state index >= 15 is 0 Å². The standard InChI is InChI=1S/C8H8ClN3O/c1-2-3-4-10-6-5-11-12-8(13)7(6)9/h1,5H,3-4H2,(H2,10,12,13). The van der Waals surface area contributed by atoms with Gasteiger partial charge in [0.25, 0.3) is 5.56 Å². The molecular formula is C8H8ClN3O. The molecule has 0 aromatic carbocycles. The molecular weight excluding hydrogens is 190 g/mol. The maximum Gasteiger partial charge on any atom is 0.285 e. The van der Waals surface area contributed by atoms with Gasteiger partial charge in [-0.05, 0) is 0 Å². The van der Waals surface area contributed by atoms with E-state index in [0.717, 1.165) is 0 Å². The average Bonchev–Trinajstić information content (AvgIpc) is 2.13. The van der Waals surface area contributed by atoms with E-state index in [2.05, 4.69) is 21.4 Å². The Hall–Kier alpha value is -1.47. The number of nitrogens with one attached hydrogen (secondary N) is 2. The minimum atomic E-state index is -0.410. The van der Waals surface area contributed by atoms with Gasteiger partial charge < -0.3 is 5.32 Å². The summed E-state index contributed by atoms with van der Waals surface area (Å²) >= 11 is 5.67. The smallest absolute Gasteiger partial charge is 0.285 e. The van der Waals surface area contributed by atoms with Gasteiger partial charge in [-0.2, -0.15) is 5.10 Å². The maximum absolute atomic E-state index is 10.9. The zero-order valence-corrected chi connectivity index (χ0v) is 7.56. The molecule has 1 heterocycles. The van der Waals surface area contributed by atoms with Crippen LogP contribution < -0.4 is 10.9 Å². The molecule has 0 atom stereocenters. The van der Waals surface area contributed by atoms with Gasteiger partial charge in [0.05, 0.1) is 11.9 Å². The van der Waals surface area contributed by atoms with Crippen molar-refractivity contribution in [2.45, 2.75) is 6.42 Å². The van der Waals surface area contributed by atoms with Crippen molar-refractivity contribution in [3.05, 3.63) is 21.6 Å². The van der Waals surface area contributed by atoms with Crippen LogP contribution in [-0.2, 0) is 0 Å². The predicted molar refractivity (Wildman–Crippen MR) is 51.8 cm³/mol. The number of nitrogens with zero attached hydrogens (tertiary/aromatic N) is 1. The van der Waals surface area contributed by atoms with Gasteiger partial charge in [-0.25, -0.2) is 5.10 Å². The SMILES string of the molecule is C#CCCNc1cn[nH]c(=O)c1Cl. The van der Waals surface area contributed by atoms with Crippen LogP contribution >= 0.6 is 11.6 Å². The van der Waals surface area contributed by atoms with Crippen LogP contribution in [0.5, 0.6) is 0 Å². The molecule has 0 fully saturated rings. The zero-order valence-electron chi connectivity index (χ0n) is 6.80. The molecule has 0 unspecified atom stereocenters. The molecule has 68 valence electrons. The molecule has 0 bridgehead atoms. The van der Waals surface area contributed by atoms with Crippen LogP contribution in [0.2, 0.25) is 5.02 Å². The normalized spacial score (nSPS) is 9.23. The Balaban J connectivity index is 2.73. The fourth-order valence-electron chi connectivity index (χ4n) is 0.776. The second kappa shape index (κ2) is 4.53. The van der Waals surface area contributed by atoms with Crippen molar-refractivity contribution in [2.24, 2.45) is 0 Å². The molecule has 0 saturated heterocycles. The summed E-state index contributed by atoms with van der Waals surface area (Å²) in [5, 5.41) is 8.80. The summed E-state index contributed by atoms with van der Waals surface area (Å²) in [4.78, 5) is 10.9. The first-order chi connectivity index (χ1) is 6.25. The van der Waals surface area contributed by atoms with Gasteiger partial charge in [0.2, 0.25) is 0 Å². The number of terminal acetylenes is 1. The number of rotatable bonds is 3. The third kappa shape index (κ3) is 2.49. The van der Waals surface area contributed by atoms with E-state index in [-0.39, 0.29) is 5.02 Å². The van der Waals surface area contributed by atoms with Gasteiger partial charge in [-0.1, -0.05) is 11.6 Å². The molecule has 0 spiro atoms. The second-order valence-corrected chi connectivity index (χ2v) is 2.69. The summed E-state index contributed by atoms with van der Waals surface area (Å²) in [5.41, 5.74) is 0.0908. The highest BCUT2D eigenvalue weighted by Crippen LogP contribution is 2.13. The molecule has 1 rings (SSSR count). The summed E-state index contributed by atoms with van der Waals surface area (Å²) in [6, 6.07) is 0. The van der Waals surface area contributed by atoms with Crippen molar-refractivity contribution < 1.29 is 0 Å². The Morgan fingerprint density at radius 1 is 1.77 bits per heavy atom. The monoisotopic (exact) mass is 197 g/mol. The van der Waals surface area contributed by atoms with Crippen LogP contribution in [0.25, 0.3) is 0 Å². The molecule has 1 aromatic rings. The number of hydrogen-bond donors (Lipinski definition) is 2. The van der Waals surface area contributed by atoms with E-state index in [9.17, 15) is 4.79 Å². The fourth-order valence-corrected chi connectivity index (χ4v) is 0.934. The quantitative estimate of drug-likeness (QED) is 0.558. The zero-order chi connectivity index (χ0) is 9.68. The molecule has 2 N–H and O–H groups in total. The molecule has 5 heteroatoms. The molecule has 0 aliphatic rings. The number of halogens is 1. The van der Waals surface area contributed by atoms with Crippen LogP contribution in [0, 0.1) is 12.3 Å². The van der Waals surface area contributed by atoms with Gasteiger partial charge in [0.1, 0.15) is 5.02 Å². The van der Waals surface area contributed by atoms with Crippen molar-refractivity contribution in [1.29, 1.82) is 0 Å². The fraction of sp³-hybridized carbons (Fsp3) is 0.250. The van der Waals surface area contributed by atoms with Crippen molar-refractivity contribution in [1.82, 2.24) is 10.2 Å². The third-order valence-electron chi connectivity index (χ3n) is 1.38. The summed E-state index contributed by atoms with van der Waals surface area (Å²) < 4.78 is 0. The number of hydrogen-bond acceptors (Lipinski definition) is 3. The molecule has 0 radical (unpaired) electrons. The predicted octanol–water partition coefficient (Wildman–Crippen LogP) is 0.859. The first-order valence-corrected chi connectivity index (χ1v) is 4.04. The lowest BCUT2D eigenvalue weighted by atomic mass is 10.4. The van der Waals surface area contributed by atoms with Crippen molar-refractivity contribution >= 4 is 17.3 Å². The van der Waals surface area contributed by atoms with Gasteiger partial charge in [0.15, 0.2) is 0 Å². The van der Waals surface area contributed by atoms with Gasteiger partial charge >= 0.3 is 0 Å². The van der Waals surface area contributed by atoms with Crippen LogP contribution in [-0.4, -0.2) is 16.7 Å². The molecule has 4 nitrogen and oxygen atoms in total. The van der Waals surface area contributed by atoms with Gasteiger partial charge in [-0.15, -0.1) is 12.3 Å². The Morgan fingerprint density at radius 2 is 2.54 bits per heavy atom. The van der Waals surface area contributed by atoms with E-state index in [1.165, 1.54) is 6.20 Å². The van der Waals surface area contributed by atoms with Crippen molar-refractivity contribution in [3.63, 3.8) is 0 Å². The number of aromatic nitrogens is 2. The Kier molecular flexibility index (Phi) is 3.35. The number of anilines is 1. The highest BCUT2D eigenvalue weighted by Gasteiger charge is 2.02. The minimum absolute atomic E-state index is 0.104. The first-order valence-electron chi connectivity index (χ1n) is 3.66. The Labute approximate surface area is 80.3 Å².